The molecule has 0 aromatic heterocycles. The van der Waals surface area contributed by atoms with E-state index in [4.69, 9.17) is 0 Å². The topological polar surface area (TPSA) is 74.8 Å². The third-order valence-corrected chi connectivity index (χ3v) is 3.85. The van der Waals surface area contributed by atoms with Crippen molar-refractivity contribution in [3.8, 4) is 0 Å². The molecule has 0 heterocycles. The van der Waals surface area contributed by atoms with Crippen molar-refractivity contribution in [1.82, 2.24) is 10.6 Å². The summed E-state index contributed by atoms with van der Waals surface area (Å²) in [4.78, 5) is 24.0. The van der Waals surface area contributed by atoms with Crippen LogP contribution in [0.2, 0.25) is 0 Å². The Kier molecular flexibility index (Phi) is 6.51. The van der Waals surface area contributed by atoms with Crippen LogP contribution in [0.5, 0.6) is 0 Å². The van der Waals surface area contributed by atoms with Crippen molar-refractivity contribution in [3.05, 3.63) is 71.8 Å². The van der Waals surface area contributed by atoms with E-state index in [0.29, 0.717) is 6.54 Å². The molecule has 0 aliphatic heterocycles. The standard InChI is InChI=1S/C19H23N3O2/c1-14(17-11-7-4-8-12-17)21-15(2)18(23)22-19(24)20-13-16-9-5-3-6-10-16/h3-12,14-15,21H,13H2,1-2H3,(H2,20,22,23,24)/p+1/t14-,15-/m1/s1. The largest absolute Gasteiger partial charge is 0.334 e. The van der Waals surface area contributed by atoms with Crippen LogP contribution in [-0.4, -0.2) is 18.0 Å². The fourth-order valence-corrected chi connectivity index (χ4v) is 2.44. The summed E-state index contributed by atoms with van der Waals surface area (Å²) in [6.07, 6.45) is 0. The molecule has 5 nitrogen and oxygen atoms in total. The maximum atomic E-state index is 12.1. The number of carbonyl (C=O) groups is 2. The maximum absolute atomic E-state index is 12.1. The first-order valence-corrected chi connectivity index (χ1v) is 8.09. The Balaban J connectivity index is 1.77. The third kappa shape index (κ3) is 5.52. The second-order valence-corrected chi connectivity index (χ2v) is 5.84. The highest BCUT2D eigenvalue weighted by Gasteiger charge is 2.21. The van der Waals surface area contributed by atoms with Crippen molar-refractivity contribution in [2.24, 2.45) is 0 Å². The third-order valence-electron chi connectivity index (χ3n) is 3.85. The number of carbonyl (C=O) groups excluding carboxylic acids is 2. The highest BCUT2D eigenvalue weighted by Crippen LogP contribution is 2.06. The Labute approximate surface area is 142 Å². The van der Waals surface area contributed by atoms with Gasteiger partial charge >= 0.3 is 6.03 Å². The molecule has 0 aliphatic rings. The summed E-state index contributed by atoms with van der Waals surface area (Å²) >= 11 is 0. The van der Waals surface area contributed by atoms with E-state index in [0.717, 1.165) is 11.1 Å². The van der Waals surface area contributed by atoms with Crippen LogP contribution in [0, 0.1) is 0 Å². The Bertz CT molecular complexity index is 659. The number of amides is 3. The number of hydrogen-bond donors (Lipinski definition) is 3. The van der Waals surface area contributed by atoms with Crippen LogP contribution < -0.4 is 16.0 Å². The number of urea groups is 1. The minimum Gasteiger partial charge on any atom is -0.334 e. The molecule has 2 rings (SSSR count). The van der Waals surface area contributed by atoms with Crippen LogP contribution in [0.1, 0.15) is 31.0 Å². The summed E-state index contributed by atoms with van der Waals surface area (Å²) in [6, 6.07) is 18.8. The minimum atomic E-state index is -0.475. The van der Waals surface area contributed by atoms with Gasteiger partial charge < -0.3 is 10.6 Å². The van der Waals surface area contributed by atoms with Gasteiger partial charge in [0.05, 0.1) is 0 Å². The van der Waals surface area contributed by atoms with E-state index in [-0.39, 0.29) is 18.0 Å². The van der Waals surface area contributed by atoms with Crippen LogP contribution >= 0.6 is 0 Å². The molecule has 0 unspecified atom stereocenters. The average Bonchev–Trinajstić information content (AvgIpc) is 2.61. The number of hydrogen-bond acceptors (Lipinski definition) is 2. The lowest BCUT2D eigenvalue weighted by Crippen LogP contribution is -2.92. The van der Waals surface area contributed by atoms with Crippen molar-refractivity contribution < 1.29 is 14.9 Å². The Hall–Kier alpha value is -2.66. The molecular weight excluding hydrogens is 302 g/mol. The first-order chi connectivity index (χ1) is 11.6. The van der Waals surface area contributed by atoms with Gasteiger partial charge in [-0.1, -0.05) is 60.7 Å². The number of quaternary nitrogens is 1. The van der Waals surface area contributed by atoms with E-state index >= 15 is 0 Å². The molecule has 5 heteroatoms. The number of imide groups is 1. The molecule has 4 N–H and O–H groups in total. The first-order valence-electron chi connectivity index (χ1n) is 8.09. The molecule has 2 atom stereocenters. The van der Waals surface area contributed by atoms with Crippen molar-refractivity contribution >= 4 is 11.9 Å². The molecule has 0 aliphatic carbocycles. The second-order valence-electron chi connectivity index (χ2n) is 5.84. The van der Waals surface area contributed by atoms with Gasteiger partial charge in [0, 0.05) is 12.1 Å². The van der Waals surface area contributed by atoms with Crippen LogP contribution in [0.4, 0.5) is 4.79 Å². The fourth-order valence-electron chi connectivity index (χ4n) is 2.44. The molecule has 0 spiro atoms. The van der Waals surface area contributed by atoms with Crippen LogP contribution in [0.15, 0.2) is 60.7 Å². The lowest BCUT2D eigenvalue weighted by molar-refractivity contribution is -0.710. The molecule has 24 heavy (non-hydrogen) atoms. The van der Waals surface area contributed by atoms with Gasteiger partial charge in [-0.05, 0) is 19.4 Å². The zero-order valence-electron chi connectivity index (χ0n) is 14.0. The Morgan fingerprint density at radius 2 is 1.54 bits per heavy atom. The molecule has 0 fully saturated rings. The average molecular weight is 326 g/mol. The van der Waals surface area contributed by atoms with E-state index in [9.17, 15) is 9.59 Å². The maximum Gasteiger partial charge on any atom is 0.321 e. The molecule has 0 bridgehead atoms. The van der Waals surface area contributed by atoms with Gasteiger partial charge in [0.25, 0.3) is 5.91 Å². The van der Waals surface area contributed by atoms with Gasteiger partial charge in [-0.3, -0.25) is 10.1 Å². The summed E-state index contributed by atoms with van der Waals surface area (Å²) < 4.78 is 0. The molecule has 2 aromatic carbocycles. The minimum absolute atomic E-state index is 0.138. The molecule has 0 saturated heterocycles. The highest BCUT2D eigenvalue weighted by molar-refractivity contribution is 5.96. The molecule has 0 radical (unpaired) electrons. The predicted octanol–water partition coefficient (Wildman–Crippen LogP) is 1.73. The van der Waals surface area contributed by atoms with Crippen molar-refractivity contribution in [2.75, 3.05) is 0 Å². The SMILES string of the molecule is C[C@@H]([NH2+][C@H](C)c1ccccc1)C(=O)NC(=O)NCc1ccccc1. The lowest BCUT2D eigenvalue weighted by atomic mass is 10.1. The molecule has 2 aromatic rings. The van der Waals surface area contributed by atoms with E-state index in [1.54, 1.807) is 6.92 Å². The Morgan fingerprint density at radius 1 is 0.958 bits per heavy atom. The molecule has 3 amide bonds. The second kappa shape index (κ2) is 8.84. The van der Waals surface area contributed by atoms with E-state index in [2.05, 4.69) is 10.6 Å². The number of rotatable bonds is 6. The van der Waals surface area contributed by atoms with Crippen LogP contribution in [0.25, 0.3) is 0 Å². The number of benzene rings is 2. The molecular formula is C19H24N3O2+. The summed E-state index contributed by atoms with van der Waals surface area (Å²) in [5.41, 5.74) is 2.13. The Morgan fingerprint density at radius 3 is 2.17 bits per heavy atom. The molecule has 126 valence electrons. The monoisotopic (exact) mass is 326 g/mol. The number of nitrogens with one attached hydrogen (secondary N) is 2. The van der Waals surface area contributed by atoms with Gasteiger partial charge in [0.1, 0.15) is 6.04 Å². The van der Waals surface area contributed by atoms with Crippen molar-refractivity contribution in [2.45, 2.75) is 32.5 Å². The predicted molar refractivity (Wildman–Crippen MR) is 93.1 cm³/mol. The summed E-state index contributed by atoms with van der Waals surface area (Å²) in [7, 11) is 0. The van der Waals surface area contributed by atoms with Crippen LogP contribution in [0.3, 0.4) is 0 Å². The zero-order valence-corrected chi connectivity index (χ0v) is 14.0. The van der Waals surface area contributed by atoms with Crippen molar-refractivity contribution in [1.29, 1.82) is 0 Å². The zero-order chi connectivity index (χ0) is 17.4. The smallest absolute Gasteiger partial charge is 0.321 e. The quantitative estimate of drug-likeness (QED) is 0.756. The first kappa shape index (κ1) is 17.7. The lowest BCUT2D eigenvalue weighted by Gasteiger charge is -2.16. The summed E-state index contributed by atoms with van der Waals surface area (Å²) in [5, 5.41) is 7.01. The number of nitrogens with two attached hydrogens (primary N) is 1. The fraction of sp³-hybridized carbons (Fsp3) is 0.263. The van der Waals surface area contributed by atoms with E-state index < -0.39 is 6.03 Å². The molecule has 0 saturated carbocycles. The summed E-state index contributed by atoms with van der Waals surface area (Å²) in [6.45, 7) is 4.21. The van der Waals surface area contributed by atoms with Gasteiger partial charge in [-0.25, -0.2) is 4.79 Å². The normalized spacial score (nSPS) is 12.9. The highest BCUT2D eigenvalue weighted by atomic mass is 16.2. The summed E-state index contributed by atoms with van der Waals surface area (Å²) in [5.74, 6) is -0.302. The van der Waals surface area contributed by atoms with Gasteiger partial charge in [0.2, 0.25) is 0 Å². The van der Waals surface area contributed by atoms with Gasteiger partial charge in [-0.15, -0.1) is 0 Å². The van der Waals surface area contributed by atoms with Gasteiger partial charge in [-0.2, -0.15) is 0 Å². The van der Waals surface area contributed by atoms with Crippen molar-refractivity contribution in [3.63, 3.8) is 0 Å². The van der Waals surface area contributed by atoms with Gasteiger partial charge in [0.15, 0.2) is 6.04 Å². The van der Waals surface area contributed by atoms with E-state index in [1.165, 1.54) is 0 Å². The van der Waals surface area contributed by atoms with Crippen LogP contribution in [-0.2, 0) is 11.3 Å². The van der Waals surface area contributed by atoms with E-state index in [1.807, 2.05) is 72.9 Å².